The van der Waals surface area contributed by atoms with E-state index in [1.54, 1.807) is 0 Å². The fourth-order valence-electron chi connectivity index (χ4n) is 0.839. The fraction of sp³-hybridized carbons (Fsp3) is 1.00. The first kappa shape index (κ1) is 14.0. The van der Waals surface area contributed by atoms with Crippen molar-refractivity contribution in [2.45, 2.75) is 19.8 Å². The molecule has 0 spiro atoms. The molecule has 1 N–H and O–H groups in total. The van der Waals surface area contributed by atoms with Crippen LogP contribution in [-0.4, -0.2) is 41.7 Å². The Hall–Kier alpha value is -0.0100. The van der Waals surface area contributed by atoms with Gasteiger partial charge in [0.25, 0.3) is 0 Å². The highest BCUT2D eigenvalue weighted by atomic mass is 32.2. The van der Waals surface area contributed by atoms with Crippen molar-refractivity contribution in [1.82, 2.24) is 4.72 Å². The second-order valence-corrected chi connectivity index (χ2v) is 3.40. The zero-order valence-corrected chi connectivity index (χ0v) is 9.31. The molecule has 0 amide bonds. The molecule has 0 aromatic rings. The van der Waals surface area contributed by atoms with Gasteiger partial charge in [0.15, 0.2) is 0 Å². The summed E-state index contributed by atoms with van der Waals surface area (Å²) in [7, 11) is 0. The average Bonchev–Trinajstić information content (AvgIpc) is 2.15. The van der Waals surface area contributed by atoms with E-state index in [1.807, 2.05) is 6.92 Å². The van der Waals surface area contributed by atoms with E-state index in [-0.39, 0.29) is 0 Å². The number of rotatable bonds is 10. The number of nitrogens with one attached hydrogen (secondary N) is 1. The highest BCUT2D eigenvalue weighted by molar-refractivity contribution is 7.77. The first-order valence-corrected chi connectivity index (χ1v) is 5.83. The van der Waals surface area contributed by atoms with E-state index in [4.69, 9.17) is 9.47 Å². The summed E-state index contributed by atoms with van der Waals surface area (Å²) in [4.78, 5) is 0. The van der Waals surface area contributed by atoms with E-state index in [0.717, 1.165) is 19.6 Å². The molecule has 0 fully saturated rings. The van der Waals surface area contributed by atoms with Crippen LogP contribution < -0.4 is 4.72 Å². The minimum absolute atomic E-state index is 0.432. The van der Waals surface area contributed by atoms with E-state index in [1.165, 1.54) is 0 Å². The van der Waals surface area contributed by atoms with Gasteiger partial charge in [0.1, 0.15) is 0 Å². The van der Waals surface area contributed by atoms with Gasteiger partial charge < -0.3 is 14.0 Å². The molecule has 0 radical (unpaired) electrons. The van der Waals surface area contributed by atoms with Crippen molar-refractivity contribution in [3.05, 3.63) is 0 Å². The molecule has 6 heteroatoms. The molecule has 0 saturated carbocycles. The van der Waals surface area contributed by atoms with Crippen LogP contribution in [0, 0.1) is 0 Å². The van der Waals surface area contributed by atoms with Gasteiger partial charge in [-0.1, -0.05) is 0 Å². The monoisotopic (exact) mass is 224 g/mol. The van der Waals surface area contributed by atoms with E-state index in [2.05, 4.69) is 4.72 Å². The maximum atomic E-state index is 10.0. The molecule has 0 aliphatic rings. The van der Waals surface area contributed by atoms with Crippen LogP contribution in [0.1, 0.15) is 19.8 Å². The first-order chi connectivity index (χ1) is 6.77. The van der Waals surface area contributed by atoms with E-state index in [0.29, 0.717) is 26.2 Å². The molecule has 0 rings (SSSR count). The van der Waals surface area contributed by atoms with Crippen molar-refractivity contribution >= 4 is 11.3 Å². The zero-order chi connectivity index (χ0) is 10.6. The van der Waals surface area contributed by atoms with Gasteiger partial charge in [-0.05, 0) is 19.8 Å². The Bertz CT molecular complexity index is 145. The van der Waals surface area contributed by atoms with Crippen molar-refractivity contribution in [1.29, 1.82) is 0 Å². The smallest absolute Gasteiger partial charge is 0.0487 e. The predicted molar refractivity (Wildman–Crippen MR) is 53.5 cm³/mol. The summed E-state index contributed by atoms with van der Waals surface area (Å²) in [6, 6.07) is 0. The summed E-state index contributed by atoms with van der Waals surface area (Å²) in [6.45, 7) is 5.09. The lowest BCUT2D eigenvalue weighted by Gasteiger charge is -2.07. The summed E-state index contributed by atoms with van der Waals surface area (Å²) in [5, 5.41) is 0. The van der Waals surface area contributed by atoms with Crippen molar-refractivity contribution in [2.75, 3.05) is 33.0 Å². The molecule has 14 heavy (non-hydrogen) atoms. The van der Waals surface area contributed by atoms with Gasteiger partial charge in [-0.25, -0.2) is 4.72 Å². The molecule has 0 bridgehead atoms. The SMILES string of the molecule is CCOCCCOCCCNS(=O)[O-]. The molecule has 1 atom stereocenters. The maximum Gasteiger partial charge on any atom is 0.0487 e. The molecule has 0 aliphatic carbocycles. The highest BCUT2D eigenvalue weighted by Crippen LogP contribution is 1.87. The Morgan fingerprint density at radius 3 is 2.50 bits per heavy atom. The van der Waals surface area contributed by atoms with Crippen LogP contribution in [0.5, 0.6) is 0 Å². The third-order valence-corrected chi connectivity index (χ3v) is 1.91. The highest BCUT2D eigenvalue weighted by Gasteiger charge is 1.90. The third kappa shape index (κ3) is 12.0. The van der Waals surface area contributed by atoms with Crippen LogP contribution in [0.15, 0.2) is 0 Å². The Labute approximate surface area is 87.6 Å². The van der Waals surface area contributed by atoms with Gasteiger partial charge in [0, 0.05) is 44.2 Å². The summed E-state index contributed by atoms with van der Waals surface area (Å²) >= 11 is -2.15. The van der Waals surface area contributed by atoms with E-state index < -0.39 is 11.3 Å². The van der Waals surface area contributed by atoms with Crippen molar-refractivity contribution in [2.24, 2.45) is 0 Å². The van der Waals surface area contributed by atoms with E-state index in [9.17, 15) is 8.76 Å². The molecule has 5 nitrogen and oxygen atoms in total. The van der Waals surface area contributed by atoms with Gasteiger partial charge in [0.05, 0.1) is 0 Å². The standard InChI is InChI=1S/C8H19NO4S/c1-2-12-7-4-8-13-6-3-5-9-14(10)11/h9H,2-8H2,1H3,(H,10,11)/p-1. The van der Waals surface area contributed by atoms with Crippen molar-refractivity contribution in [3.63, 3.8) is 0 Å². The minimum Gasteiger partial charge on any atom is -0.760 e. The van der Waals surface area contributed by atoms with Crippen LogP contribution in [0.25, 0.3) is 0 Å². The van der Waals surface area contributed by atoms with Crippen LogP contribution in [0.3, 0.4) is 0 Å². The Balaban J connectivity index is 2.88. The number of hydrogen-bond acceptors (Lipinski definition) is 4. The summed E-state index contributed by atoms with van der Waals surface area (Å²) in [5.41, 5.74) is 0. The largest absolute Gasteiger partial charge is 0.760 e. The minimum atomic E-state index is -2.15. The van der Waals surface area contributed by atoms with Crippen LogP contribution >= 0.6 is 0 Å². The molecular weight excluding hydrogens is 206 g/mol. The lowest BCUT2D eigenvalue weighted by molar-refractivity contribution is 0.0873. The molecule has 1 unspecified atom stereocenters. The van der Waals surface area contributed by atoms with Crippen LogP contribution in [0.2, 0.25) is 0 Å². The molecule has 0 heterocycles. The molecule has 0 aliphatic heterocycles. The Kier molecular flexibility index (Phi) is 11.1. The second kappa shape index (κ2) is 11.1. The van der Waals surface area contributed by atoms with Gasteiger partial charge in [-0.15, -0.1) is 0 Å². The Morgan fingerprint density at radius 1 is 1.21 bits per heavy atom. The summed E-state index contributed by atoms with van der Waals surface area (Å²) in [6.07, 6.45) is 1.58. The summed E-state index contributed by atoms with van der Waals surface area (Å²) in [5.74, 6) is 0. The lowest BCUT2D eigenvalue weighted by Crippen LogP contribution is -2.19. The van der Waals surface area contributed by atoms with E-state index >= 15 is 0 Å². The summed E-state index contributed by atoms with van der Waals surface area (Å²) < 4.78 is 32.7. The average molecular weight is 224 g/mol. The van der Waals surface area contributed by atoms with Gasteiger partial charge in [-0.2, -0.15) is 0 Å². The second-order valence-electron chi connectivity index (χ2n) is 2.65. The van der Waals surface area contributed by atoms with Crippen molar-refractivity contribution in [3.8, 4) is 0 Å². The normalized spacial score (nSPS) is 13.0. The van der Waals surface area contributed by atoms with Crippen LogP contribution in [-0.2, 0) is 20.7 Å². The Morgan fingerprint density at radius 2 is 1.86 bits per heavy atom. The number of ether oxygens (including phenoxy) is 2. The molecule has 0 saturated heterocycles. The van der Waals surface area contributed by atoms with Crippen molar-refractivity contribution < 1.29 is 18.2 Å². The first-order valence-electron chi connectivity index (χ1n) is 4.75. The topological polar surface area (TPSA) is 70.6 Å². The van der Waals surface area contributed by atoms with Gasteiger partial charge >= 0.3 is 0 Å². The molecule has 0 aromatic carbocycles. The molecule has 0 aromatic heterocycles. The van der Waals surface area contributed by atoms with Gasteiger partial charge in [-0.3, -0.25) is 4.21 Å². The van der Waals surface area contributed by atoms with Gasteiger partial charge in [0.2, 0.25) is 0 Å². The molecular formula is C8H18NO4S-. The number of hydrogen-bond donors (Lipinski definition) is 1. The zero-order valence-electron chi connectivity index (χ0n) is 8.49. The predicted octanol–water partition coefficient (Wildman–Crippen LogP) is 0.203. The fourth-order valence-corrected chi connectivity index (χ4v) is 1.15. The third-order valence-electron chi connectivity index (χ3n) is 1.47. The van der Waals surface area contributed by atoms with Crippen LogP contribution in [0.4, 0.5) is 0 Å². The quantitative estimate of drug-likeness (QED) is 0.425. The lowest BCUT2D eigenvalue weighted by atomic mass is 10.4. The molecule has 86 valence electrons. The maximum absolute atomic E-state index is 10.0.